The summed E-state index contributed by atoms with van der Waals surface area (Å²) in [6, 6.07) is 13.2. The Morgan fingerprint density at radius 2 is 1.91 bits per heavy atom. The van der Waals surface area contributed by atoms with E-state index in [2.05, 4.69) is 26.5 Å². The molecule has 0 saturated carbocycles. The first-order valence-corrected chi connectivity index (χ1v) is 7.19. The van der Waals surface area contributed by atoms with E-state index in [0.717, 1.165) is 0 Å². The molecule has 0 fully saturated rings. The van der Waals surface area contributed by atoms with E-state index in [4.69, 9.17) is 11.6 Å². The largest absolute Gasteiger partial charge is 0.430 e. The number of carbonyl (C=O) groups is 1. The van der Waals surface area contributed by atoms with Gasteiger partial charge < -0.3 is 10.1 Å². The van der Waals surface area contributed by atoms with Crippen LogP contribution in [0.3, 0.4) is 0 Å². The van der Waals surface area contributed by atoms with Crippen LogP contribution in [0.5, 0.6) is 0 Å². The van der Waals surface area contributed by atoms with Gasteiger partial charge in [-0.3, -0.25) is 4.79 Å². The topological polar surface area (TPSA) is 84.6 Å². The Balaban J connectivity index is 2.38. The molecule has 0 heterocycles. The number of benzene rings is 2. The van der Waals surface area contributed by atoms with Crippen molar-refractivity contribution in [2.45, 2.75) is 0 Å². The highest BCUT2D eigenvalue weighted by molar-refractivity contribution is 9.18. The van der Waals surface area contributed by atoms with Crippen molar-refractivity contribution in [2.24, 2.45) is 5.10 Å². The van der Waals surface area contributed by atoms with Crippen LogP contribution in [0.25, 0.3) is 0 Å². The lowest BCUT2D eigenvalue weighted by Crippen LogP contribution is -2.09. The maximum Gasteiger partial charge on any atom is 0.430 e. The molecule has 0 bridgehead atoms. The Labute approximate surface area is 139 Å². The summed E-state index contributed by atoms with van der Waals surface area (Å²) in [6.45, 7) is 0. The summed E-state index contributed by atoms with van der Waals surface area (Å²) in [5.74, 6) is -0.243. The second-order valence-electron chi connectivity index (χ2n) is 4.13. The van der Waals surface area contributed by atoms with Crippen LogP contribution in [-0.2, 0) is 0 Å². The molecule has 2 rings (SSSR count). The second kappa shape index (κ2) is 7.15. The average Bonchev–Trinajstić information content (AvgIpc) is 2.52. The van der Waals surface area contributed by atoms with Gasteiger partial charge in [0.2, 0.25) is 0 Å². The Bertz CT molecular complexity index is 750. The summed E-state index contributed by atoms with van der Waals surface area (Å²) in [5.41, 5.74) is 3.56. The van der Waals surface area contributed by atoms with Gasteiger partial charge in [0, 0.05) is 16.1 Å². The molecule has 1 N–H and O–H groups in total. The van der Waals surface area contributed by atoms with Crippen LogP contribution in [0.4, 0.5) is 5.69 Å². The van der Waals surface area contributed by atoms with Crippen molar-refractivity contribution in [3.8, 4) is 0 Å². The quantitative estimate of drug-likeness (QED) is 0.217. The van der Waals surface area contributed by atoms with Crippen LogP contribution < -0.4 is 5.43 Å². The number of nitro groups is 1. The lowest BCUT2D eigenvalue weighted by atomic mass is 10.0. The number of rotatable bonds is 4. The van der Waals surface area contributed by atoms with E-state index in [1.54, 1.807) is 36.4 Å². The van der Waals surface area contributed by atoms with E-state index in [9.17, 15) is 14.9 Å². The fourth-order valence-corrected chi connectivity index (χ4v) is 1.96. The van der Waals surface area contributed by atoms with Crippen LogP contribution in [0.1, 0.15) is 15.9 Å². The van der Waals surface area contributed by atoms with Gasteiger partial charge in [0.25, 0.3) is 0 Å². The van der Waals surface area contributed by atoms with Gasteiger partial charge in [-0.2, -0.15) is 5.43 Å². The minimum absolute atomic E-state index is 0.243. The number of nitrogens with zero attached hydrogens (tertiary/aromatic N) is 2. The van der Waals surface area contributed by atoms with Crippen molar-refractivity contribution in [1.29, 1.82) is 0 Å². The molecule has 0 aromatic heterocycles. The number of anilines is 1. The van der Waals surface area contributed by atoms with Crippen LogP contribution >= 0.6 is 27.5 Å². The lowest BCUT2D eigenvalue weighted by Gasteiger charge is -2.06. The minimum atomic E-state index is -0.712. The van der Waals surface area contributed by atoms with Gasteiger partial charge in [-0.25, -0.2) is 0 Å². The first kappa shape index (κ1) is 16.1. The number of hydrazone groups is 1. The summed E-state index contributed by atoms with van der Waals surface area (Å²) in [5, 5.41) is 14.4. The molecular formula is C14H9BrClN3O3. The van der Waals surface area contributed by atoms with Crippen molar-refractivity contribution < 1.29 is 9.72 Å². The molecule has 0 aliphatic rings. The SMILES string of the molecule is O=C(c1ccccc1)c1ccc(Cl)cc1N/N=C(\Br)[N+](=O)[O-]. The number of amidine groups is 1. The molecule has 0 radical (unpaired) electrons. The number of ketones is 1. The zero-order chi connectivity index (χ0) is 16.1. The maximum atomic E-state index is 12.5. The molecule has 0 saturated heterocycles. The van der Waals surface area contributed by atoms with Gasteiger partial charge in [0.1, 0.15) is 0 Å². The summed E-state index contributed by atoms with van der Waals surface area (Å²) in [4.78, 5) is 22.3. The summed E-state index contributed by atoms with van der Waals surface area (Å²) in [6.07, 6.45) is 0. The molecule has 6 nitrogen and oxygen atoms in total. The highest BCUT2D eigenvalue weighted by Gasteiger charge is 2.16. The fraction of sp³-hybridized carbons (Fsp3) is 0. The molecule has 0 unspecified atom stereocenters. The van der Waals surface area contributed by atoms with Crippen LogP contribution in [0.2, 0.25) is 5.02 Å². The summed E-state index contributed by atoms with van der Waals surface area (Å²) < 4.78 is -0.509. The molecule has 22 heavy (non-hydrogen) atoms. The van der Waals surface area contributed by atoms with E-state index in [1.165, 1.54) is 12.1 Å². The Morgan fingerprint density at radius 1 is 1.23 bits per heavy atom. The number of hydrogen-bond donors (Lipinski definition) is 1. The predicted octanol–water partition coefficient (Wildman–Crippen LogP) is 3.93. The monoisotopic (exact) mass is 381 g/mol. The first-order valence-electron chi connectivity index (χ1n) is 6.02. The maximum absolute atomic E-state index is 12.5. The third kappa shape index (κ3) is 3.90. The van der Waals surface area contributed by atoms with Gasteiger partial charge in [0.05, 0.1) is 26.7 Å². The molecule has 2 aromatic rings. The number of halogens is 2. The van der Waals surface area contributed by atoms with Crippen molar-refractivity contribution in [2.75, 3.05) is 5.43 Å². The highest BCUT2D eigenvalue weighted by Crippen LogP contribution is 2.24. The van der Waals surface area contributed by atoms with Crippen molar-refractivity contribution in [3.05, 3.63) is 74.8 Å². The average molecular weight is 383 g/mol. The molecule has 2 aromatic carbocycles. The van der Waals surface area contributed by atoms with Crippen molar-refractivity contribution in [1.82, 2.24) is 0 Å². The second-order valence-corrected chi connectivity index (χ2v) is 5.28. The van der Waals surface area contributed by atoms with E-state index in [-0.39, 0.29) is 11.5 Å². The molecule has 0 amide bonds. The third-order valence-corrected chi connectivity index (χ3v) is 3.38. The summed E-state index contributed by atoms with van der Waals surface area (Å²) >= 11 is 8.60. The number of carbonyl (C=O) groups excluding carboxylic acids is 1. The van der Waals surface area contributed by atoms with E-state index in [1.807, 2.05) is 0 Å². The van der Waals surface area contributed by atoms with Crippen LogP contribution in [-0.4, -0.2) is 15.5 Å². The first-order chi connectivity index (χ1) is 10.5. The standard InChI is InChI=1S/C14H9BrClN3O3/c15-14(19(21)22)18-17-12-8-10(16)6-7-11(12)13(20)9-4-2-1-3-5-9/h1-8,17H/b18-14+. The molecule has 112 valence electrons. The van der Waals surface area contributed by atoms with Gasteiger partial charge in [0.15, 0.2) is 5.78 Å². The van der Waals surface area contributed by atoms with Crippen LogP contribution in [0.15, 0.2) is 53.6 Å². The Hall–Kier alpha value is -2.25. The molecule has 0 atom stereocenters. The number of nitrogens with one attached hydrogen (secondary N) is 1. The molecule has 0 spiro atoms. The van der Waals surface area contributed by atoms with Crippen LogP contribution in [0, 0.1) is 10.1 Å². The van der Waals surface area contributed by atoms with Gasteiger partial charge in [-0.15, -0.1) is 0 Å². The minimum Gasteiger partial charge on any atom is -0.357 e. The van der Waals surface area contributed by atoms with Gasteiger partial charge >= 0.3 is 4.74 Å². The normalized spacial score (nSPS) is 11.1. The number of hydrogen-bond acceptors (Lipinski definition) is 5. The molecular weight excluding hydrogens is 374 g/mol. The van der Waals surface area contributed by atoms with Gasteiger partial charge in [-0.1, -0.05) is 41.9 Å². The fourth-order valence-electron chi connectivity index (χ4n) is 1.70. The van der Waals surface area contributed by atoms with E-state index in [0.29, 0.717) is 16.1 Å². The predicted molar refractivity (Wildman–Crippen MR) is 88.3 cm³/mol. The molecule has 8 heteroatoms. The highest BCUT2D eigenvalue weighted by atomic mass is 79.9. The summed E-state index contributed by atoms with van der Waals surface area (Å²) in [7, 11) is 0. The zero-order valence-electron chi connectivity index (χ0n) is 11.0. The molecule has 0 aliphatic heterocycles. The van der Waals surface area contributed by atoms with Crippen molar-refractivity contribution in [3.63, 3.8) is 0 Å². The van der Waals surface area contributed by atoms with E-state index < -0.39 is 9.67 Å². The smallest absolute Gasteiger partial charge is 0.357 e. The van der Waals surface area contributed by atoms with Gasteiger partial charge in [-0.05, 0) is 23.1 Å². The third-order valence-electron chi connectivity index (χ3n) is 2.68. The molecule has 0 aliphatic carbocycles. The Morgan fingerprint density at radius 3 is 2.55 bits per heavy atom. The van der Waals surface area contributed by atoms with E-state index >= 15 is 0 Å². The zero-order valence-corrected chi connectivity index (χ0v) is 13.3. The lowest BCUT2D eigenvalue weighted by molar-refractivity contribution is -0.342. The Kier molecular flexibility index (Phi) is 5.24. The van der Waals surface area contributed by atoms with Crippen molar-refractivity contribution >= 4 is 43.7 Å².